The van der Waals surface area contributed by atoms with Gasteiger partial charge in [-0.3, -0.25) is 9.56 Å². The lowest BCUT2D eigenvalue weighted by Gasteiger charge is -2.09. The maximum absolute atomic E-state index is 11.2. The average molecular weight is 455 g/mol. The second-order valence-electron chi connectivity index (χ2n) is 8.27. The molecule has 0 atom stereocenters. The minimum Gasteiger partial charge on any atom is -0.506 e. The highest BCUT2D eigenvalue weighted by molar-refractivity contribution is 6.04. The van der Waals surface area contributed by atoms with Crippen LogP contribution in [0.4, 0.5) is 5.69 Å². The van der Waals surface area contributed by atoms with E-state index in [9.17, 15) is 20.1 Å². The van der Waals surface area contributed by atoms with Gasteiger partial charge in [0.2, 0.25) is 5.88 Å². The number of benzene rings is 3. The summed E-state index contributed by atoms with van der Waals surface area (Å²) < 4.78 is 1.79. The summed E-state index contributed by atoms with van der Waals surface area (Å²) in [4.78, 5) is 15.7. The molecule has 6 heteroatoms. The Kier molecular flexibility index (Phi) is 6.23. The van der Waals surface area contributed by atoms with Gasteiger partial charge in [0.05, 0.1) is 11.1 Å². The number of rotatable bonds is 6. The summed E-state index contributed by atoms with van der Waals surface area (Å²) in [7, 11) is 0. The number of fused-ring (bicyclic) bond motifs is 1. The summed E-state index contributed by atoms with van der Waals surface area (Å²) >= 11 is 0. The average Bonchev–Trinajstić information content (AvgIpc) is 3.07. The van der Waals surface area contributed by atoms with E-state index in [1.54, 1.807) is 23.6 Å². The van der Waals surface area contributed by atoms with Crippen molar-refractivity contribution < 1.29 is 20.1 Å². The second-order valence-corrected chi connectivity index (χ2v) is 8.27. The van der Waals surface area contributed by atoms with Crippen LogP contribution in [0.5, 0.6) is 11.6 Å². The molecule has 0 spiro atoms. The molecule has 3 aromatic carbocycles. The number of phenolic OH excluding ortho intramolecular Hbond substituents is 1. The van der Waals surface area contributed by atoms with Gasteiger partial charge in [-0.1, -0.05) is 37.3 Å². The summed E-state index contributed by atoms with van der Waals surface area (Å²) in [5.74, 6) is -1.01. The molecule has 0 aliphatic rings. The van der Waals surface area contributed by atoms with Gasteiger partial charge in [0.15, 0.2) is 0 Å². The molecule has 0 aliphatic carbocycles. The van der Waals surface area contributed by atoms with Crippen LogP contribution >= 0.6 is 0 Å². The molecule has 172 valence electrons. The number of phenols is 1. The van der Waals surface area contributed by atoms with Crippen molar-refractivity contribution in [3.05, 3.63) is 88.5 Å². The number of aromatic hydroxyl groups is 2. The van der Waals surface area contributed by atoms with Gasteiger partial charge in [0, 0.05) is 22.9 Å². The molecule has 1 aromatic heterocycles. The number of hydrogen-bond acceptors (Lipinski definition) is 4. The number of hydrogen-bond donors (Lipinski definition) is 3. The van der Waals surface area contributed by atoms with Crippen LogP contribution in [0, 0.1) is 13.8 Å². The van der Waals surface area contributed by atoms with Crippen molar-refractivity contribution >= 4 is 34.9 Å². The van der Waals surface area contributed by atoms with Gasteiger partial charge in [-0.05, 0) is 73.4 Å². The molecule has 0 unspecified atom stereocenters. The quantitative estimate of drug-likeness (QED) is 0.236. The summed E-state index contributed by atoms with van der Waals surface area (Å²) in [5.41, 5.74) is 5.56. The topological polar surface area (TPSA) is 95.0 Å². The number of aliphatic imine (C=N–C) groups is 1. The predicted octanol–water partition coefficient (Wildman–Crippen LogP) is 6.29. The highest BCUT2D eigenvalue weighted by atomic mass is 16.4. The summed E-state index contributed by atoms with van der Waals surface area (Å²) in [5, 5.41) is 31.7. The zero-order chi connectivity index (χ0) is 24.4. The molecule has 0 radical (unpaired) electrons. The number of carboxylic acids is 1. The third-order valence-electron chi connectivity index (χ3n) is 5.68. The maximum atomic E-state index is 11.2. The standard InChI is InChI=1S/C28H26N2O4/c1-4-20(28(33)34)14-19-9-10-24(26(31)15-19)29-16-23-22-7-5-6-8-25(22)30(27(23)32)21-12-17(2)11-18(3)13-21/h5-16,31-32H,4H2,1-3H3,(H,33,34). The molecule has 34 heavy (non-hydrogen) atoms. The molecule has 0 saturated carbocycles. The van der Waals surface area contributed by atoms with Crippen LogP contribution in [0.3, 0.4) is 0 Å². The number of nitrogens with zero attached hydrogens (tertiary/aromatic N) is 2. The molecular weight excluding hydrogens is 428 g/mol. The first kappa shape index (κ1) is 22.9. The Morgan fingerprint density at radius 2 is 1.71 bits per heavy atom. The zero-order valence-electron chi connectivity index (χ0n) is 19.3. The van der Waals surface area contributed by atoms with Gasteiger partial charge in [-0.2, -0.15) is 0 Å². The van der Waals surface area contributed by atoms with Crippen LogP contribution in [-0.2, 0) is 4.79 Å². The zero-order valence-corrected chi connectivity index (χ0v) is 19.3. The first-order valence-corrected chi connectivity index (χ1v) is 11.0. The van der Waals surface area contributed by atoms with E-state index in [-0.39, 0.29) is 17.2 Å². The lowest BCUT2D eigenvalue weighted by atomic mass is 10.1. The van der Waals surface area contributed by atoms with Crippen LogP contribution in [0.25, 0.3) is 22.7 Å². The Balaban J connectivity index is 1.77. The van der Waals surface area contributed by atoms with E-state index in [1.807, 2.05) is 50.2 Å². The Morgan fingerprint density at radius 3 is 2.35 bits per heavy atom. The number of aromatic nitrogens is 1. The van der Waals surface area contributed by atoms with E-state index in [0.29, 0.717) is 23.2 Å². The molecule has 3 N–H and O–H groups in total. The Bertz CT molecular complexity index is 1440. The Labute approximate surface area is 197 Å². The Hall–Kier alpha value is -4.32. The minimum absolute atomic E-state index is 0.0584. The molecule has 4 aromatic rings. The van der Waals surface area contributed by atoms with Crippen LogP contribution in [0.2, 0.25) is 0 Å². The van der Waals surface area contributed by atoms with E-state index in [4.69, 9.17) is 0 Å². The van der Waals surface area contributed by atoms with Gasteiger partial charge in [-0.25, -0.2) is 4.79 Å². The summed E-state index contributed by atoms with van der Waals surface area (Å²) in [6, 6.07) is 18.6. The maximum Gasteiger partial charge on any atom is 0.331 e. The smallest absolute Gasteiger partial charge is 0.331 e. The number of aliphatic carboxylic acids is 1. The van der Waals surface area contributed by atoms with Gasteiger partial charge in [0.1, 0.15) is 11.4 Å². The number of para-hydroxylation sites is 1. The largest absolute Gasteiger partial charge is 0.506 e. The van der Waals surface area contributed by atoms with Gasteiger partial charge < -0.3 is 15.3 Å². The monoisotopic (exact) mass is 454 g/mol. The number of carbonyl (C=O) groups is 1. The number of carboxylic acid groups (broad SMARTS) is 1. The predicted molar refractivity (Wildman–Crippen MR) is 136 cm³/mol. The molecule has 4 rings (SSSR count). The van der Waals surface area contributed by atoms with E-state index < -0.39 is 5.97 Å². The highest BCUT2D eigenvalue weighted by Crippen LogP contribution is 2.35. The highest BCUT2D eigenvalue weighted by Gasteiger charge is 2.17. The fourth-order valence-corrected chi connectivity index (χ4v) is 4.11. The van der Waals surface area contributed by atoms with Crippen LogP contribution in [0.15, 0.2) is 71.2 Å². The minimum atomic E-state index is -0.986. The fraction of sp³-hybridized carbons (Fsp3) is 0.143. The van der Waals surface area contributed by atoms with Gasteiger partial charge in [-0.15, -0.1) is 0 Å². The van der Waals surface area contributed by atoms with Crippen LogP contribution < -0.4 is 0 Å². The summed E-state index contributed by atoms with van der Waals surface area (Å²) in [6.45, 7) is 5.80. The van der Waals surface area contributed by atoms with E-state index in [0.717, 1.165) is 27.7 Å². The Morgan fingerprint density at radius 1 is 1.00 bits per heavy atom. The van der Waals surface area contributed by atoms with E-state index >= 15 is 0 Å². The van der Waals surface area contributed by atoms with Crippen molar-refractivity contribution in [1.82, 2.24) is 4.57 Å². The van der Waals surface area contributed by atoms with Crippen LogP contribution in [-0.4, -0.2) is 32.1 Å². The first-order chi connectivity index (χ1) is 16.3. The molecule has 0 aliphatic heterocycles. The lowest BCUT2D eigenvalue weighted by Crippen LogP contribution is -1.98. The van der Waals surface area contributed by atoms with Gasteiger partial charge in [0.25, 0.3) is 0 Å². The van der Waals surface area contributed by atoms with E-state index in [2.05, 4.69) is 11.1 Å². The number of aryl methyl sites for hydroxylation is 2. The molecule has 0 bridgehead atoms. The molecule has 6 nitrogen and oxygen atoms in total. The molecule has 0 fully saturated rings. The van der Waals surface area contributed by atoms with Crippen molar-refractivity contribution in [2.45, 2.75) is 27.2 Å². The third kappa shape index (κ3) is 4.43. The molecule has 1 heterocycles. The fourth-order valence-electron chi connectivity index (χ4n) is 4.11. The SMILES string of the molecule is CCC(=Cc1ccc(N=Cc2c(O)n(-c3cc(C)cc(C)c3)c3ccccc23)c(O)c1)C(=O)O. The van der Waals surface area contributed by atoms with Crippen molar-refractivity contribution in [1.29, 1.82) is 0 Å². The third-order valence-corrected chi connectivity index (χ3v) is 5.68. The molecule has 0 saturated heterocycles. The van der Waals surface area contributed by atoms with Crippen molar-refractivity contribution in [3.63, 3.8) is 0 Å². The van der Waals surface area contributed by atoms with Crippen LogP contribution in [0.1, 0.15) is 35.6 Å². The van der Waals surface area contributed by atoms with Crippen molar-refractivity contribution in [3.8, 4) is 17.3 Å². The van der Waals surface area contributed by atoms with Crippen molar-refractivity contribution in [2.75, 3.05) is 0 Å². The van der Waals surface area contributed by atoms with Gasteiger partial charge >= 0.3 is 5.97 Å². The molecular formula is C28H26N2O4. The summed E-state index contributed by atoms with van der Waals surface area (Å²) in [6.07, 6.45) is 3.44. The normalized spacial score (nSPS) is 12.0. The lowest BCUT2D eigenvalue weighted by molar-refractivity contribution is -0.132. The van der Waals surface area contributed by atoms with E-state index in [1.165, 1.54) is 18.4 Å². The molecule has 0 amide bonds. The first-order valence-electron chi connectivity index (χ1n) is 11.0. The van der Waals surface area contributed by atoms with Crippen molar-refractivity contribution in [2.24, 2.45) is 4.99 Å². The second kappa shape index (κ2) is 9.27.